The van der Waals surface area contributed by atoms with Crippen molar-refractivity contribution in [2.75, 3.05) is 0 Å². The number of nitriles is 1. The van der Waals surface area contributed by atoms with E-state index in [1.54, 1.807) is 11.3 Å². The molecule has 0 unspecified atom stereocenters. The number of rotatable bonds is 2. The van der Waals surface area contributed by atoms with E-state index in [1.165, 1.54) is 37.6 Å². The largest absolute Gasteiger partial charge is 0.456 e. The van der Waals surface area contributed by atoms with Gasteiger partial charge in [0.1, 0.15) is 17.2 Å². The first kappa shape index (κ1) is 24.2. The Balaban J connectivity index is 1.36. The van der Waals surface area contributed by atoms with Gasteiger partial charge in [0.2, 0.25) is 0 Å². The van der Waals surface area contributed by atoms with E-state index in [2.05, 4.69) is 97.3 Å². The van der Waals surface area contributed by atoms with Crippen LogP contribution >= 0.6 is 11.3 Å². The highest BCUT2D eigenvalue weighted by molar-refractivity contribution is 7.26. The highest BCUT2D eigenvalue weighted by Crippen LogP contribution is 2.45. The molecule has 202 valence electrons. The number of nitrogens with zero attached hydrogens (tertiary/aromatic N) is 2. The lowest BCUT2D eigenvalue weighted by Gasteiger charge is -2.09. The fourth-order valence-corrected chi connectivity index (χ4v) is 8.07. The molecule has 0 amide bonds. The van der Waals surface area contributed by atoms with E-state index in [-0.39, 0.29) is 0 Å². The lowest BCUT2D eigenvalue weighted by atomic mass is 9.96. The van der Waals surface area contributed by atoms with Gasteiger partial charge in [-0.3, -0.25) is 0 Å². The molecular formula is C39H24N2OS. The number of hydrogen-bond acceptors (Lipinski definition) is 3. The van der Waals surface area contributed by atoms with Gasteiger partial charge in [-0.2, -0.15) is 5.26 Å². The van der Waals surface area contributed by atoms with Gasteiger partial charge in [0.15, 0.2) is 0 Å². The molecule has 0 saturated carbocycles. The zero-order valence-electron chi connectivity index (χ0n) is 23.6. The molecule has 43 heavy (non-hydrogen) atoms. The molecule has 3 nitrogen and oxygen atoms in total. The van der Waals surface area contributed by atoms with Crippen molar-refractivity contribution in [1.82, 2.24) is 4.57 Å². The first-order chi connectivity index (χ1) is 21.1. The maximum atomic E-state index is 10.4. The highest BCUT2D eigenvalue weighted by Gasteiger charge is 2.20. The first-order valence-electron chi connectivity index (χ1n) is 14.4. The Bertz CT molecular complexity index is 2600. The highest BCUT2D eigenvalue weighted by atomic mass is 32.1. The van der Waals surface area contributed by atoms with Gasteiger partial charge in [-0.15, -0.1) is 11.3 Å². The van der Waals surface area contributed by atoms with Crippen LogP contribution in [0.25, 0.3) is 80.7 Å². The summed E-state index contributed by atoms with van der Waals surface area (Å²) in [6.07, 6.45) is 0. The molecular weight excluding hydrogens is 545 g/mol. The number of para-hydroxylation sites is 1. The van der Waals surface area contributed by atoms with E-state index >= 15 is 0 Å². The van der Waals surface area contributed by atoms with Crippen LogP contribution in [-0.2, 0) is 0 Å². The molecule has 0 atom stereocenters. The Morgan fingerprint density at radius 2 is 1.33 bits per heavy atom. The summed E-state index contributed by atoms with van der Waals surface area (Å²) in [6, 6.07) is 41.2. The third kappa shape index (κ3) is 3.40. The molecule has 0 aliphatic heterocycles. The van der Waals surface area contributed by atoms with Crippen LogP contribution in [0.1, 0.15) is 16.7 Å². The molecule has 9 rings (SSSR count). The van der Waals surface area contributed by atoms with Crippen molar-refractivity contribution >= 4 is 75.3 Å². The van der Waals surface area contributed by atoms with Crippen molar-refractivity contribution in [3.63, 3.8) is 0 Å². The second kappa shape index (κ2) is 8.82. The lowest BCUT2D eigenvalue weighted by molar-refractivity contribution is 0.669. The molecule has 4 heteroatoms. The number of aryl methyl sites for hydroxylation is 2. The molecule has 0 bridgehead atoms. The Morgan fingerprint density at radius 3 is 2.09 bits per heavy atom. The molecule has 3 heterocycles. The fourth-order valence-electron chi connectivity index (χ4n) is 6.83. The third-order valence-electron chi connectivity index (χ3n) is 8.73. The quantitative estimate of drug-likeness (QED) is 0.208. The SMILES string of the molecule is Cc1ccc2c(c1)c1cc(C)ccc1n2-c1cccc2c1sc1c(C#N)cc(-c3cccc4oc5ccccc5c34)cc12. The number of benzene rings is 6. The van der Waals surface area contributed by atoms with Crippen LogP contribution in [0.4, 0.5) is 0 Å². The van der Waals surface area contributed by atoms with Crippen LogP contribution in [0.3, 0.4) is 0 Å². The summed E-state index contributed by atoms with van der Waals surface area (Å²) in [4.78, 5) is 0. The van der Waals surface area contributed by atoms with E-state index in [0.29, 0.717) is 5.56 Å². The number of aromatic nitrogens is 1. The number of thiophene rings is 1. The summed E-state index contributed by atoms with van der Waals surface area (Å²) < 4.78 is 10.8. The zero-order valence-corrected chi connectivity index (χ0v) is 24.4. The standard InChI is InChI=1S/C39H24N2OS/c1-22-13-15-32-29(17-22)30-18-23(2)14-16-33(30)41(32)34-10-5-9-27-31-20-24(19-25(21-40)38(31)43-39(27)34)26-8-6-12-36-37(26)28-7-3-4-11-35(28)42-36/h3-20H,1-2H3. The molecule has 3 aromatic heterocycles. The Morgan fingerprint density at radius 1 is 0.628 bits per heavy atom. The second-order valence-electron chi connectivity index (χ2n) is 11.4. The topological polar surface area (TPSA) is 41.9 Å². The van der Waals surface area contributed by atoms with Crippen molar-refractivity contribution in [3.05, 3.63) is 126 Å². The monoisotopic (exact) mass is 568 g/mol. The van der Waals surface area contributed by atoms with Gasteiger partial charge in [0, 0.05) is 32.3 Å². The summed E-state index contributed by atoms with van der Waals surface area (Å²) >= 11 is 1.71. The van der Waals surface area contributed by atoms with Gasteiger partial charge in [0.25, 0.3) is 0 Å². The maximum absolute atomic E-state index is 10.4. The van der Waals surface area contributed by atoms with E-state index < -0.39 is 0 Å². The minimum absolute atomic E-state index is 0.693. The van der Waals surface area contributed by atoms with Crippen molar-refractivity contribution in [1.29, 1.82) is 5.26 Å². The average molecular weight is 569 g/mol. The van der Waals surface area contributed by atoms with E-state index in [0.717, 1.165) is 54.2 Å². The van der Waals surface area contributed by atoms with Crippen molar-refractivity contribution in [2.24, 2.45) is 0 Å². The van der Waals surface area contributed by atoms with Gasteiger partial charge >= 0.3 is 0 Å². The van der Waals surface area contributed by atoms with Crippen molar-refractivity contribution in [3.8, 4) is 22.9 Å². The summed E-state index contributed by atoms with van der Waals surface area (Å²) in [5.41, 5.74) is 10.5. The van der Waals surface area contributed by atoms with Crippen molar-refractivity contribution < 1.29 is 4.42 Å². The molecule has 0 aliphatic carbocycles. The van der Waals surface area contributed by atoms with Gasteiger partial charge in [-0.1, -0.05) is 65.7 Å². The van der Waals surface area contributed by atoms with Crippen molar-refractivity contribution in [2.45, 2.75) is 13.8 Å². The van der Waals surface area contributed by atoms with E-state index in [4.69, 9.17) is 4.42 Å². The van der Waals surface area contributed by atoms with Crippen LogP contribution in [0.2, 0.25) is 0 Å². The van der Waals surface area contributed by atoms with Crippen LogP contribution in [0.15, 0.2) is 114 Å². The molecule has 0 aliphatic rings. The number of hydrogen-bond donors (Lipinski definition) is 0. The predicted molar refractivity (Wildman–Crippen MR) is 181 cm³/mol. The molecule has 6 aromatic carbocycles. The van der Waals surface area contributed by atoms with Gasteiger partial charge in [-0.05, 0) is 79.6 Å². The maximum Gasteiger partial charge on any atom is 0.136 e. The minimum atomic E-state index is 0.693. The van der Waals surface area contributed by atoms with Crippen LogP contribution in [-0.4, -0.2) is 4.57 Å². The normalized spacial score (nSPS) is 11.9. The van der Waals surface area contributed by atoms with Crippen LogP contribution < -0.4 is 0 Å². The lowest BCUT2D eigenvalue weighted by Crippen LogP contribution is -1.94. The Kier molecular flexibility index (Phi) is 4.97. The molecule has 0 saturated heterocycles. The second-order valence-corrected chi connectivity index (χ2v) is 12.4. The number of fused-ring (bicyclic) bond motifs is 9. The van der Waals surface area contributed by atoms with Crippen LogP contribution in [0, 0.1) is 25.2 Å². The molecule has 0 N–H and O–H groups in total. The average Bonchev–Trinajstić information content (AvgIpc) is 3.70. The van der Waals surface area contributed by atoms with Crippen LogP contribution in [0.5, 0.6) is 0 Å². The van der Waals surface area contributed by atoms with Gasteiger partial charge in [0.05, 0.1) is 31.7 Å². The third-order valence-corrected chi connectivity index (χ3v) is 10.0. The minimum Gasteiger partial charge on any atom is -0.456 e. The van der Waals surface area contributed by atoms with Gasteiger partial charge in [-0.25, -0.2) is 0 Å². The Hall–Kier alpha value is -5.37. The van der Waals surface area contributed by atoms with E-state index in [9.17, 15) is 5.26 Å². The molecule has 9 aromatic rings. The number of furan rings is 1. The molecule has 0 spiro atoms. The summed E-state index contributed by atoms with van der Waals surface area (Å²) in [5, 5.41) is 17.4. The predicted octanol–water partition coefficient (Wildman–Crippen LogP) is 11.2. The fraction of sp³-hybridized carbons (Fsp3) is 0.0513. The van der Waals surface area contributed by atoms with Gasteiger partial charge < -0.3 is 8.98 Å². The van der Waals surface area contributed by atoms with E-state index in [1.807, 2.05) is 36.4 Å². The Labute approximate surface area is 251 Å². The smallest absolute Gasteiger partial charge is 0.136 e. The zero-order chi connectivity index (χ0) is 28.8. The molecule has 0 fully saturated rings. The summed E-state index contributed by atoms with van der Waals surface area (Å²) in [6.45, 7) is 4.30. The summed E-state index contributed by atoms with van der Waals surface area (Å²) in [7, 11) is 0. The first-order valence-corrected chi connectivity index (χ1v) is 15.2. The molecule has 0 radical (unpaired) electrons. The summed E-state index contributed by atoms with van der Waals surface area (Å²) in [5.74, 6) is 0.